The number of likely N-dealkylation sites (tertiary alicyclic amines) is 1. The van der Waals surface area contributed by atoms with Gasteiger partial charge >= 0.3 is 0 Å². The van der Waals surface area contributed by atoms with E-state index in [2.05, 4.69) is 19.8 Å². The number of amides is 1. The number of hydrogen-bond donors (Lipinski definition) is 1. The Labute approximate surface area is 145 Å². The number of hydrogen-bond acceptors (Lipinski definition) is 3. The van der Waals surface area contributed by atoms with Crippen molar-refractivity contribution >= 4 is 5.91 Å². The minimum absolute atomic E-state index is 0.190. The van der Waals surface area contributed by atoms with Crippen LogP contribution in [-0.4, -0.2) is 46.0 Å². The van der Waals surface area contributed by atoms with Crippen molar-refractivity contribution in [1.29, 1.82) is 0 Å². The summed E-state index contributed by atoms with van der Waals surface area (Å²) in [6.07, 6.45) is 13.5. The summed E-state index contributed by atoms with van der Waals surface area (Å²) >= 11 is 0. The van der Waals surface area contributed by atoms with Gasteiger partial charge in [0.1, 0.15) is 5.82 Å². The normalized spacial score (nSPS) is 23.3. The maximum absolute atomic E-state index is 12.6. The van der Waals surface area contributed by atoms with Gasteiger partial charge in [-0.25, -0.2) is 4.98 Å². The van der Waals surface area contributed by atoms with Gasteiger partial charge in [-0.3, -0.25) is 4.79 Å². The molecule has 1 aromatic rings. The fourth-order valence-corrected chi connectivity index (χ4v) is 4.14. The maximum Gasteiger partial charge on any atom is 0.224 e. The number of carbonyl (C=O) groups excluding carboxylic acids is 1. The summed E-state index contributed by atoms with van der Waals surface area (Å²) in [6.45, 7) is 6.20. The van der Waals surface area contributed by atoms with Crippen molar-refractivity contribution in [3.8, 4) is 0 Å². The predicted octanol–water partition coefficient (Wildman–Crippen LogP) is 2.74. The van der Waals surface area contributed by atoms with Crippen LogP contribution in [0.4, 0.5) is 0 Å². The van der Waals surface area contributed by atoms with Crippen LogP contribution >= 0.6 is 0 Å². The Balaban J connectivity index is 1.40. The van der Waals surface area contributed by atoms with E-state index < -0.39 is 0 Å². The molecule has 0 radical (unpaired) electrons. The number of imidazole rings is 1. The molecule has 1 saturated carbocycles. The smallest absolute Gasteiger partial charge is 0.224 e. The average molecular weight is 332 g/mol. The molecule has 0 spiro atoms. The molecular formula is C19H32N4O. The van der Waals surface area contributed by atoms with Crippen molar-refractivity contribution in [3.63, 3.8) is 0 Å². The summed E-state index contributed by atoms with van der Waals surface area (Å²) in [4.78, 5) is 19.3. The number of carbonyl (C=O) groups is 1. The van der Waals surface area contributed by atoms with Gasteiger partial charge in [-0.15, -0.1) is 0 Å². The van der Waals surface area contributed by atoms with E-state index in [9.17, 15) is 4.79 Å². The third kappa shape index (κ3) is 4.82. The largest absolute Gasteiger partial charge is 0.353 e. The lowest BCUT2D eigenvalue weighted by Gasteiger charge is -2.33. The van der Waals surface area contributed by atoms with E-state index in [1.807, 2.05) is 19.3 Å². The van der Waals surface area contributed by atoms with Crippen LogP contribution in [0.25, 0.3) is 0 Å². The van der Waals surface area contributed by atoms with Crippen LogP contribution in [0.1, 0.15) is 57.2 Å². The molecule has 1 aliphatic carbocycles. The molecule has 2 heterocycles. The van der Waals surface area contributed by atoms with Gasteiger partial charge in [-0.1, -0.05) is 19.3 Å². The van der Waals surface area contributed by atoms with Crippen LogP contribution in [-0.2, 0) is 11.3 Å². The van der Waals surface area contributed by atoms with E-state index in [0.29, 0.717) is 11.9 Å². The molecule has 0 aromatic carbocycles. The number of aryl methyl sites for hydroxylation is 2. The highest BCUT2D eigenvalue weighted by atomic mass is 16.2. The Hall–Kier alpha value is -1.36. The molecule has 1 aromatic heterocycles. The molecule has 24 heavy (non-hydrogen) atoms. The molecule has 1 saturated heterocycles. The van der Waals surface area contributed by atoms with Crippen LogP contribution in [0.5, 0.6) is 0 Å². The Morgan fingerprint density at radius 2 is 2.04 bits per heavy atom. The lowest BCUT2D eigenvalue weighted by molar-refractivity contribution is -0.127. The zero-order chi connectivity index (χ0) is 16.8. The van der Waals surface area contributed by atoms with Crippen molar-refractivity contribution in [1.82, 2.24) is 19.8 Å². The fraction of sp³-hybridized carbons (Fsp3) is 0.789. The number of nitrogens with zero attached hydrogens (tertiary/aromatic N) is 3. The van der Waals surface area contributed by atoms with E-state index in [-0.39, 0.29) is 5.92 Å². The van der Waals surface area contributed by atoms with Crippen molar-refractivity contribution in [2.24, 2.45) is 5.92 Å². The van der Waals surface area contributed by atoms with E-state index in [1.54, 1.807) is 0 Å². The lowest BCUT2D eigenvalue weighted by atomic mass is 9.93. The topological polar surface area (TPSA) is 50.2 Å². The monoisotopic (exact) mass is 332 g/mol. The highest BCUT2D eigenvalue weighted by Gasteiger charge is 2.27. The average Bonchev–Trinajstić information content (AvgIpc) is 3.01. The highest BCUT2D eigenvalue weighted by molar-refractivity contribution is 5.79. The first kappa shape index (κ1) is 17.5. The zero-order valence-corrected chi connectivity index (χ0v) is 15.0. The summed E-state index contributed by atoms with van der Waals surface area (Å²) in [6, 6.07) is 0.436. The molecular weight excluding hydrogens is 300 g/mol. The number of aromatic nitrogens is 2. The summed E-state index contributed by atoms with van der Waals surface area (Å²) < 4.78 is 2.21. The molecule has 2 aliphatic rings. The van der Waals surface area contributed by atoms with Crippen LogP contribution in [0.2, 0.25) is 0 Å². The minimum atomic E-state index is 0.190. The molecule has 0 bridgehead atoms. The number of rotatable bonds is 6. The van der Waals surface area contributed by atoms with Crippen molar-refractivity contribution in [2.75, 3.05) is 19.6 Å². The van der Waals surface area contributed by atoms with Gasteiger partial charge < -0.3 is 14.8 Å². The van der Waals surface area contributed by atoms with Gasteiger partial charge in [-0.2, -0.15) is 0 Å². The van der Waals surface area contributed by atoms with Crippen LogP contribution in [0.15, 0.2) is 12.4 Å². The van der Waals surface area contributed by atoms with E-state index in [0.717, 1.165) is 51.3 Å². The molecule has 5 heteroatoms. The first-order valence-corrected chi connectivity index (χ1v) is 9.73. The number of piperidine rings is 1. The van der Waals surface area contributed by atoms with Gasteiger partial charge in [0, 0.05) is 31.5 Å². The Kier molecular flexibility index (Phi) is 6.30. The van der Waals surface area contributed by atoms with Crippen LogP contribution in [0.3, 0.4) is 0 Å². The van der Waals surface area contributed by atoms with Gasteiger partial charge in [-0.05, 0) is 52.1 Å². The third-order valence-corrected chi connectivity index (χ3v) is 5.62. The van der Waals surface area contributed by atoms with E-state index >= 15 is 0 Å². The predicted molar refractivity (Wildman–Crippen MR) is 95.8 cm³/mol. The molecule has 1 N–H and O–H groups in total. The van der Waals surface area contributed by atoms with Crippen molar-refractivity contribution in [3.05, 3.63) is 18.2 Å². The molecule has 1 atom stereocenters. The molecule has 3 rings (SSSR count). The molecule has 0 unspecified atom stereocenters. The summed E-state index contributed by atoms with van der Waals surface area (Å²) in [5.41, 5.74) is 0. The third-order valence-electron chi connectivity index (χ3n) is 5.62. The van der Waals surface area contributed by atoms with Crippen molar-refractivity contribution in [2.45, 2.75) is 70.9 Å². The quantitative estimate of drug-likeness (QED) is 0.871. The van der Waals surface area contributed by atoms with Gasteiger partial charge in [0.25, 0.3) is 0 Å². The van der Waals surface area contributed by atoms with E-state index in [1.165, 1.54) is 32.1 Å². The summed E-state index contributed by atoms with van der Waals surface area (Å²) in [7, 11) is 0. The van der Waals surface area contributed by atoms with Crippen molar-refractivity contribution < 1.29 is 4.79 Å². The van der Waals surface area contributed by atoms with Gasteiger partial charge in [0.2, 0.25) is 5.91 Å². The fourth-order valence-electron chi connectivity index (χ4n) is 4.14. The maximum atomic E-state index is 12.6. The summed E-state index contributed by atoms with van der Waals surface area (Å²) in [5.74, 6) is 1.58. The van der Waals surface area contributed by atoms with Crippen LogP contribution in [0, 0.1) is 12.8 Å². The summed E-state index contributed by atoms with van der Waals surface area (Å²) in [5, 5.41) is 3.32. The van der Waals surface area contributed by atoms with Crippen LogP contribution < -0.4 is 5.32 Å². The molecule has 134 valence electrons. The number of nitrogens with one attached hydrogen (secondary N) is 1. The molecule has 5 nitrogen and oxygen atoms in total. The first-order chi connectivity index (χ1) is 11.7. The Morgan fingerprint density at radius 3 is 2.79 bits per heavy atom. The highest BCUT2D eigenvalue weighted by Crippen LogP contribution is 2.21. The van der Waals surface area contributed by atoms with E-state index in [4.69, 9.17) is 0 Å². The van der Waals surface area contributed by atoms with Gasteiger partial charge in [0.15, 0.2) is 0 Å². The second-order valence-electron chi connectivity index (χ2n) is 7.50. The standard InChI is InChI=1S/C19H32N4O/c1-16-20-10-14-23(16)13-6-12-22-11-5-7-17(15-22)19(24)21-18-8-3-2-4-9-18/h10,14,17-18H,2-9,11-13,15H2,1H3,(H,21,24)/t17-/m0/s1. The second-order valence-corrected chi connectivity index (χ2v) is 7.50. The minimum Gasteiger partial charge on any atom is -0.353 e. The Morgan fingerprint density at radius 1 is 1.21 bits per heavy atom. The molecule has 1 aliphatic heterocycles. The zero-order valence-electron chi connectivity index (χ0n) is 15.0. The second kappa shape index (κ2) is 8.65. The Bertz CT molecular complexity index is 521. The molecule has 2 fully saturated rings. The lowest BCUT2D eigenvalue weighted by Crippen LogP contribution is -2.46. The van der Waals surface area contributed by atoms with Gasteiger partial charge in [0.05, 0.1) is 5.92 Å². The first-order valence-electron chi connectivity index (χ1n) is 9.73. The SMILES string of the molecule is Cc1nccn1CCCN1CCC[C@H](C(=O)NC2CCCCC2)C1. The molecule has 1 amide bonds.